The number of phenolic OH excluding ortho intramolecular Hbond substituents is 2. The van der Waals surface area contributed by atoms with Crippen molar-refractivity contribution in [3.8, 4) is 28.5 Å². The molecule has 4 rings (SSSR count). The number of aromatic nitrogens is 2. The van der Waals surface area contributed by atoms with Crippen molar-refractivity contribution in [1.82, 2.24) is 15.1 Å². The molecule has 32 heavy (non-hydrogen) atoms. The molecule has 2 aromatic carbocycles. The van der Waals surface area contributed by atoms with Crippen molar-refractivity contribution >= 4 is 5.91 Å². The quantitative estimate of drug-likeness (QED) is 0.439. The molecule has 1 aromatic heterocycles. The second-order valence-corrected chi connectivity index (χ2v) is 7.49. The number of hydrogen-bond donors (Lipinski definition) is 3. The maximum absolute atomic E-state index is 13.3. The van der Waals surface area contributed by atoms with Gasteiger partial charge < -0.3 is 24.6 Å². The van der Waals surface area contributed by atoms with E-state index in [4.69, 9.17) is 9.47 Å². The summed E-state index contributed by atoms with van der Waals surface area (Å²) < 4.78 is 11.0. The molecular formula is C24H27N3O5. The van der Waals surface area contributed by atoms with Crippen LogP contribution in [0.2, 0.25) is 0 Å². The van der Waals surface area contributed by atoms with E-state index >= 15 is 0 Å². The number of amides is 1. The Kier molecular flexibility index (Phi) is 6.32. The van der Waals surface area contributed by atoms with Gasteiger partial charge >= 0.3 is 0 Å². The van der Waals surface area contributed by atoms with Gasteiger partial charge in [0.15, 0.2) is 11.5 Å². The van der Waals surface area contributed by atoms with E-state index in [0.717, 1.165) is 5.56 Å². The number of nitrogens with zero attached hydrogens (tertiary/aromatic N) is 2. The first-order chi connectivity index (χ1) is 15.6. The summed E-state index contributed by atoms with van der Waals surface area (Å²) in [6.07, 6.45) is 0.677. The first-order valence-corrected chi connectivity index (χ1v) is 10.8. The molecule has 2 heterocycles. The molecule has 1 unspecified atom stereocenters. The Hall–Kier alpha value is -3.52. The number of H-pyrrole nitrogens is 1. The zero-order valence-corrected chi connectivity index (χ0v) is 18.2. The summed E-state index contributed by atoms with van der Waals surface area (Å²) in [4.78, 5) is 15.1. The molecule has 1 aliphatic heterocycles. The normalized spacial score (nSPS) is 15.2. The minimum atomic E-state index is -0.452. The highest BCUT2D eigenvalue weighted by Gasteiger charge is 2.42. The Bertz CT molecular complexity index is 1110. The van der Waals surface area contributed by atoms with Crippen LogP contribution in [0.4, 0.5) is 0 Å². The number of fused-ring (bicyclic) bond motifs is 1. The molecule has 0 aliphatic carbocycles. The molecule has 0 saturated carbocycles. The third-order valence-corrected chi connectivity index (χ3v) is 5.51. The topological polar surface area (TPSA) is 108 Å². The molecule has 3 aromatic rings. The Labute approximate surface area is 186 Å². The van der Waals surface area contributed by atoms with Gasteiger partial charge in [-0.15, -0.1) is 0 Å². The van der Waals surface area contributed by atoms with E-state index in [-0.39, 0.29) is 17.4 Å². The van der Waals surface area contributed by atoms with Gasteiger partial charge in [0.25, 0.3) is 5.91 Å². The number of carbonyl (C=O) groups excluding carboxylic acids is 1. The van der Waals surface area contributed by atoms with Gasteiger partial charge in [0.1, 0.15) is 17.1 Å². The van der Waals surface area contributed by atoms with Gasteiger partial charge in [-0.25, -0.2) is 0 Å². The summed E-state index contributed by atoms with van der Waals surface area (Å²) in [6.45, 7) is 5.83. The standard InChI is InChI=1S/C24H27N3O5/c1-3-31-13-7-12-27-23(15-10-11-18(29)19(14-15)32-4-2)20-21(25-26-22(20)24(27)30)16-8-5-6-9-17(16)28/h5-6,8-11,14,23,28-29H,3-4,7,12-13H2,1-2H3,(H,25,26). The third-order valence-electron chi connectivity index (χ3n) is 5.51. The summed E-state index contributed by atoms with van der Waals surface area (Å²) in [5.41, 5.74) is 2.95. The van der Waals surface area contributed by atoms with Crippen LogP contribution in [0.25, 0.3) is 11.3 Å². The zero-order chi connectivity index (χ0) is 22.7. The van der Waals surface area contributed by atoms with Gasteiger partial charge in [-0.3, -0.25) is 9.89 Å². The fourth-order valence-electron chi connectivity index (χ4n) is 4.11. The molecule has 0 bridgehead atoms. The fraction of sp³-hybridized carbons (Fsp3) is 0.333. The highest BCUT2D eigenvalue weighted by atomic mass is 16.5. The lowest BCUT2D eigenvalue weighted by atomic mass is 9.95. The molecule has 0 spiro atoms. The van der Waals surface area contributed by atoms with Gasteiger partial charge in [0, 0.05) is 30.9 Å². The van der Waals surface area contributed by atoms with Gasteiger partial charge in [-0.1, -0.05) is 18.2 Å². The number of aromatic amines is 1. The lowest BCUT2D eigenvalue weighted by molar-refractivity contribution is 0.0710. The van der Waals surface area contributed by atoms with E-state index in [9.17, 15) is 15.0 Å². The minimum absolute atomic E-state index is 0.0381. The van der Waals surface area contributed by atoms with Gasteiger partial charge in [0.2, 0.25) is 0 Å². The van der Waals surface area contributed by atoms with Crippen molar-refractivity contribution in [1.29, 1.82) is 0 Å². The highest BCUT2D eigenvalue weighted by molar-refractivity contribution is 6.00. The summed E-state index contributed by atoms with van der Waals surface area (Å²) in [6, 6.07) is 11.6. The van der Waals surface area contributed by atoms with E-state index in [1.165, 1.54) is 0 Å². The largest absolute Gasteiger partial charge is 0.507 e. The minimum Gasteiger partial charge on any atom is -0.507 e. The van der Waals surface area contributed by atoms with Crippen LogP contribution in [-0.4, -0.2) is 57.6 Å². The summed E-state index contributed by atoms with van der Waals surface area (Å²) >= 11 is 0. The maximum atomic E-state index is 13.3. The molecular weight excluding hydrogens is 410 g/mol. The number of phenols is 2. The van der Waals surface area contributed by atoms with Crippen LogP contribution in [-0.2, 0) is 4.74 Å². The first-order valence-electron chi connectivity index (χ1n) is 10.8. The number of rotatable bonds is 9. The van der Waals surface area contributed by atoms with E-state index < -0.39 is 6.04 Å². The monoisotopic (exact) mass is 437 g/mol. The molecule has 0 fully saturated rings. The van der Waals surface area contributed by atoms with Crippen LogP contribution in [0, 0.1) is 0 Å². The SMILES string of the molecule is CCOCCCN1C(=O)c2[nH]nc(-c3ccccc3O)c2C1c1ccc(O)c(OCC)c1. The molecule has 0 saturated heterocycles. The van der Waals surface area contributed by atoms with Crippen molar-refractivity contribution in [2.24, 2.45) is 0 Å². The number of benzene rings is 2. The smallest absolute Gasteiger partial charge is 0.273 e. The van der Waals surface area contributed by atoms with E-state index in [1.54, 1.807) is 41.3 Å². The highest BCUT2D eigenvalue weighted by Crippen LogP contribution is 2.45. The van der Waals surface area contributed by atoms with Crippen LogP contribution in [0.15, 0.2) is 42.5 Å². The predicted molar refractivity (Wildman–Crippen MR) is 119 cm³/mol. The molecule has 0 radical (unpaired) electrons. The Morgan fingerprint density at radius 3 is 2.66 bits per heavy atom. The van der Waals surface area contributed by atoms with E-state index in [1.807, 2.05) is 19.9 Å². The molecule has 1 atom stereocenters. The number of hydrogen-bond acceptors (Lipinski definition) is 6. The molecule has 1 amide bonds. The van der Waals surface area contributed by atoms with Crippen molar-refractivity contribution in [2.75, 3.05) is 26.4 Å². The average Bonchev–Trinajstić information content (AvgIpc) is 3.33. The number of ether oxygens (including phenoxy) is 2. The van der Waals surface area contributed by atoms with Gasteiger partial charge in [-0.2, -0.15) is 5.10 Å². The fourth-order valence-corrected chi connectivity index (χ4v) is 4.11. The number of aromatic hydroxyl groups is 2. The third kappa shape index (κ3) is 3.89. The van der Waals surface area contributed by atoms with Crippen LogP contribution >= 0.6 is 0 Å². The summed E-state index contributed by atoms with van der Waals surface area (Å²) in [7, 11) is 0. The molecule has 1 aliphatic rings. The number of nitrogens with one attached hydrogen (secondary N) is 1. The van der Waals surface area contributed by atoms with Crippen LogP contribution in [0.5, 0.6) is 17.2 Å². The lowest BCUT2D eigenvalue weighted by Gasteiger charge is -2.27. The van der Waals surface area contributed by atoms with Crippen LogP contribution in [0.1, 0.15) is 47.9 Å². The zero-order valence-electron chi connectivity index (χ0n) is 18.2. The first kappa shape index (κ1) is 21.7. The van der Waals surface area contributed by atoms with Crippen molar-refractivity contribution in [3.05, 3.63) is 59.3 Å². The molecule has 3 N–H and O–H groups in total. The molecule has 8 nitrogen and oxygen atoms in total. The van der Waals surface area contributed by atoms with Crippen molar-refractivity contribution in [3.63, 3.8) is 0 Å². The van der Waals surface area contributed by atoms with E-state index in [2.05, 4.69) is 10.2 Å². The second-order valence-electron chi connectivity index (χ2n) is 7.49. The Morgan fingerprint density at radius 1 is 1.09 bits per heavy atom. The number of carbonyl (C=O) groups is 1. The maximum Gasteiger partial charge on any atom is 0.273 e. The van der Waals surface area contributed by atoms with Crippen LogP contribution < -0.4 is 4.74 Å². The Morgan fingerprint density at radius 2 is 1.91 bits per heavy atom. The van der Waals surface area contributed by atoms with Crippen molar-refractivity contribution < 1.29 is 24.5 Å². The molecule has 168 valence electrons. The second kappa shape index (κ2) is 9.32. The average molecular weight is 437 g/mol. The van der Waals surface area contributed by atoms with Crippen molar-refractivity contribution in [2.45, 2.75) is 26.3 Å². The van der Waals surface area contributed by atoms with Gasteiger partial charge in [-0.05, 0) is 50.1 Å². The summed E-state index contributed by atoms with van der Waals surface area (Å²) in [5.74, 6) is 0.314. The van der Waals surface area contributed by atoms with Crippen LogP contribution in [0.3, 0.4) is 0 Å². The van der Waals surface area contributed by atoms with Gasteiger partial charge in [0.05, 0.1) is 12.6 Å². The Balaban J connectivity index is 1.81. The summed E-state index contributed by atoms with van der Waals surface area (Å²) in [5, 5.41) is 27.9. The predicted octanol–water partition coefficient (Wildman–Crippen LogP) is 3.86. The molecule has 8 heteroatoms. The number of para-hydroxylation sites is 1. The lowest BCUT2D eigenvalue weighted by Crippen LogP contribution is -2.31. The van der Waals surface area contributed by atoms with E-state index in [0.29, 0.717) is 61.1 Å².